The van der Waals surface area contributed by atoms with Crippen molar-refractivity contribution in [1.82, 2.24) is 0 Å². The molecule has 25 heavy (non-hydrogen) atoms. The first kappa shape index (κ1) is 16.2. The van der Waals surface area contributed by atoms with E-state index in [2.05, 4.69) is 5.32 Å². The quantitative estimate of drug-likeness (QED) is 0.880. The fraction of sp³-hybridized carbons (Fsp3) is 0.381. The Bertz CT molecular complexity index is 711. The predicted octanol–water partition coefficient (Wildman–Crippen LogP) is 4.74. The van der Waals surface area contributed by atoms with Gasteiger partial charge in [0, 0.05) is 12.1 Å². The molecule has 1 N–H and O–H groups in total. The van der Waals surface area contributed by atoms with Crippen LogP contribution in [0.15, 0.2) is 60.7 Å². The number of carbonyl (C=O) groups excluding carboxylic acids is 1. The van der Waals surface area contributed by atoms with Gasteiger partial charge >= 0.3 is 0 Å². The molecule has 1 spiro atoms. The molecule has 2 aliphatic rings. The first-order valence-corrected chi connectivity index (χ1v) is 9.15. The average molecular weight is 336 g/mol. The van der Waals surface area contributed by atoms with Crippen molar-refractivity contribution in [2.75, 3.05) is 10.4 Å². The summed E-state index contributed by atoms with van der Waals surface area (Å²) in [4.78, 5) is 19.4. The Morgan fingerprint density at radius 1 is 0.920 bits per heavy atom. The molecule has 0 aromatic heterocycles. The molecule has 4 rings (SSSR count). The number of benzene rings is 2. The summed E-state index contributed by atoms with van der Waals surface area (Å²) in [6, 6.07) is 19.7. The summed E-state index contributed by atoms with van der Waals surface area (Å²) in [6.45, 7) is 0. The van der Waals surface area contributed by atoms with E-state index in [1.807, 2.05) is 60.7 Å². The van der Waals surface area contributed by atoms with Crippen LogP contribution in [-0.4, -0.2) is 12.1 Å². The molecule has 1 saturated heterocycles. The van der Waals surface area contributed by atoms with Gasteiger partial charge in [0.2, 0.25) is 0 Å². The van der Waals surface area contributed by atoms with Crippen molar-refractivity contribution in [3.63, 3.8) is 0 Å². The molecule has 1 saturated carbocycles. The van der Waals surface area contributed by atoms with Crippen LogP contribution < -0.4 is 10.4 Å². The van der Waals surface area contributed by atoms with E-state index in [0.717, 1.165) is 43.5 Å². The summed E-state index contributed by atoms with van der Waals surface area (Å²) < 4.78 is 0. The predicted molar refractivity (Wildman–Crippen MR) is 99.0 cm³/mol. The molecule has 1 aliphatic heterocycles. The fourth-order valence-electron chi connectivity index (χ4n) is 4.06. The molecule has 4 heteroatoms. The van der Waals surface area contributed by atoms with E-state index in [9.17, 15) is 4.79 Å². The molecule has 4 nitrogen and oxygen atoms in total. The zero-order valence-electron chi connectivity index (χ0n) is 14.4. The molecule has 1 aliphatic carbocycles. The lowest BCUT2D eigenvalue weighted by atomic mass is 9.70. The number of hydrogen-bond donors (Lipinski definition) is 1. The van der Waals surface area contributed by atoms with Crippen molar-refractivity contribution in [3.8, 4) is 0 Å². The highest BCUT2D eigenvalue weighted by Crippen LogP contribution is 2.46. The topological polar surface area (TPSA) is 41.6 Å². The molecule has 2 fully saturated rings. The second-order valence-corrected chi connectivity index (χ2v) is 7.08. The molecular weight excluding hydrogens is 312 g/mol. The summed E-state index contributed by atoms with van der Waals surface area (Å²) in [7, 11) is 0. The van der Waals surface area contributed by atoms with Gasteiger partial charge in [-0.1, -0.05) is 55.7 Å². The van der Waals surface area contributed by atoms with Gasteiger partial charge in [-0.3, -0.25) is 4.79 Å². The van der Waals surface area contributed by atoms with Crippen LogP contribution in [0, 0.1) is 5.41 Å². The van der Waals surface area contributed by atoms with Gasteiger partial charge in [-0.2, -0.15) is 5.06 Å². The molecule has 130 valence electrons. The van der Waals surface area contributed by atoms with Gasteiger partial charge in [-0.25, -0.2) is 4.84 Å². The number of anilines is 2. The van der Waals surface area contributed by atoms with Crippen LogP contribution in [0.3, 0.4) is 0 Å². The third-order valence-corrected chi connectivity index (χ3v) is 5.35. The Balaban J connectivity index is 1.63. The van der Waals surface area contributed by atoms with E-state index in [-0.39, 0.29) is 17.6 Å². The minimum absolute atomic E-state index is 0.115. The lowest BCUT2D eigenvalue weighted by Gasteiger charge is -2.46. The molecule has 1 heterocycles. The van der Waals surface area contributed by atoms with E-state index in [1.165, 1.54) is 11.5 Å². The van der Waals surface area contributed by atoms with Crippen LogP contribution >= 0.6 is 0 Å². The standard InChI is InChI=1S/C21H24N2O2/c24-20-21(14-8-3-9-15-21)16-19(22-17-10-4-1-5-11-17)25-23(20)18-12-6-2-7-13-18/h1-2,4-7,10-13,19,22H,3,8-9,14-16H2. The third kappa shape index (κ3) is 3.27. The van der Waals surface area contributed by atoms with Gasteiger partial charge in [0.15, 0.2) is 6.23 Å². The average Bonchev–Trinajstić information content (AvgIpc) is 2.67. The van der Waals surface area contributed by atoms with Crippen LogP contribution in [0.1, 0.15) is 38.5 Å². The summed E-state index contributed by atoms with van der Waals surface area (Å²) in [5.41, 5.74) is 1.51. The monoisotopic (exact) mass is 336 g/mol. The molecule has 0 radical (unpaired) electrons. The summed E-state index contributed by atoms with van der Waals surface area (Å²) in [6.07, 6.45) is 5.87. The summed E-state index contributed by atoms with van der Waals surface area (Å²) >= 11 is 0. The number of para-hydroxylation sites is 2. The van der Waals surface area contributed by atoms with Crippen LogP contribution in [0.25, 0.3) is 0 Å². The Hall–Kier alpha value is -2.33. The van der Waals surface area contributed by atoms with E-state index in [4.69, 9.17) is 4.84 Å². The minimum Gasteiger partial charge on any atom is -0.358 e. The van der Waals surface area contributed by atoms with Gasteiger partial charge in [-0.15, -0.1) is 0 Å². The second-order valence-electron chi connectivity index (χ2n) is 7.08. The Morgan fingerprint density at radius 2 is 1.56 bits per heavy atom. The first-order valence-electron chi connectivity index (χ1n) is 9.15. The smallest absolute Gasteiger partial charge is 0.257 e. The van der Waals surface area contributed by atoms with Gasteiger partial charge in [0.05, 0.1) is 11.1 Å². The van der Waals surface area contributed by atoms with Crippen LogP contribution in [0.5, 0.6) is 0 Å². The lowest BCUT2D eigenvalue weighted by Crippen LogP contribution is -2.55. The Morgan fingerprint density at radius 3 is 2.24 bits per heavy atom. The molecule has 1 amide bonds. The second kappa shape index (κ2) is 6.89. The van der Waals surface area contributed by atoms with Crippen molar-refractivity contribution >= 4 is 17.3 Å². The highest BCUT2D eigenvalue weighted by Gasteiger charge is 2.49. The third-order valence-electron chi connectivity index (χ3n) is 5.35. The lowest BCUT2D eigenvalue weighted by molar-refractivity contribution is -0.153. The van der Waals surface area contributed by atoms with E-state index in [0.29, 0.717) is 0 Å². The molecule has 1 unspecified atom stereocenters. The molecule has 2 aromatic carbocycles. The number of rotatable bonds is 3. The molecular formula is C21H24N2O2. The minimum atomic E-state index is -0.307. The Kier molecular flexibility index (Phi) is 4.45. The number of amides is 1. The Labute approximate surface area is 148 Å². The van der Waals surface area contributed by atoms with Crippen LogP contribution in [-0.2, 0) is 9.63 Å². The maximum Gasteiger partial charge on any atom is 0.257 e. The first-order chi connectivity index (χ1) is 12.3. The van der Waals surface area contributed by atoms with E-state index in [1.54, 1.807) is 0 Å². The highest BCUT2D eigenvalue weighted by molar-refractivity contribution is 5.96. The zero-order valence-corrected chi connectivity index (χ0v) is 14.4. The summed E-state index contributed by atoms with van der Waals surface area (Å²) in [5, 5.41) is 4.98. The highest BCUT2D eigenvalue weighted by atomic mass is 16.7. The van der Waals surface area contributed by atoms with Crippen LogP contribution in [0.2, 0.25) is 0 Å². The van der Waals surface area contributed by atoms with Crippen molar-refractivity contribution in [3.05, 3.63) is 60.7 Å². The van der Waals surface area contributed by atoms with Gasteiger partial charge in [0.1, 0.15) is 0 Å². The van der Waals surface area contributed by atoms with Crippen molar-refractivity contribution in [1.29, 1.82) is 0 Å². The number of nitrogens with one attached hydrogen (secondary N) is 1. The van der Waals surface area contributed by atoms with Gasteiger partial charge in [-0.05, 0) is 37.1 Å². The normalized spacial score (nSPS) is 22.8. The maximum atomic E-state index is 13.3. The summed E-state index contributed by atoms with van der Waals surface area (Å²) in [5.74, 6) is 0.115. The van der Waals surface area contributed by atoms with Crippen molar-refractivity contribution in [2.45, 2.75) is 44.8 Å². The van der Waals surface area contributed by atoms with Gasteiger partial charge < -0.3 is 5.32 Å². The largest absolute Gasteiger partial charge is 0.358 e. The number of hydrogen-bond acceptors (Lipinski definition) is 3. The maximum absolute atomic E-state index is 13.3. The van der Waals surface area contributed by atoms with Gasteiger partial charge in [0.25, 0.3) is 5.91 Å². The molecule has 1 atom stereocenters. The molecule has 2 aromatic rings. The van der Waals surface area contributed by atoms with Crippen molar-refractivity contribution in [2.24, 2.45) is 5.41 Å². The number of nitrogens with zero attached hydrogens (tertiary/aromatic N) is 1. The zero-order chi connectivity index (χ0) is 17.1. The fourth-order valence-corrected chi connectivity index (χ4v) is 4.06. The van der Waals surface area contributed by atoms with E-state index < -0.39 is 0 Å². The van der Waals surface area contributed by atoms with E-state index >= 15 is 0 Å². The molecule has 0 bridgehead atoms. The van der Waals surface area contributed by atoms with Crippen LogP contribution in [0.4, 0.5) is 11.4 Å². The SMILES string of the molecule is O=C1N(c2ccccc2)OC(Nc2ccccc2)CC12CCCCC2. The number of hydroxylamine groups is 1. The number of carbonyl (C=O) groups is 1. The van der Waals surface area contributed by atoms with Crippen molar-refractivity contribution < 1.29 is 9.63 Å².